The third kappa shape index (κ3) is 0.995. The third-order valence-corrected chi connectivity index (χ3v) is 2.42. The third-order valence-electron chi connectivity index (χ3n) is 2.42. The smallest absolute Gasteiger partial charge is 0.308 e. The highest BCUT2D eigenvalue weighted by Gasteiger charge is 2.37. The molecule has 1 aliphatic rings. The van der Waals surface area contributed by atoms with E-state index in [0.29, 0.717) is 0 Å². The Hall–Kier alpha value is -1.32. The second kappa shape index (κ2) is 2.62. The van der Waals surface area contributed by atoms with Gasteiger partial charge in [-0.15, -0.1) is 0 Å². The Morgan fingerprint density at radius 1 is 1.58 bits per heavy atom. The van der Waals surface area contributed by atoms with E-state index in [2.05, 4.69) is 5.10 Å². The van der Waals surface area contributed by atoms with Gasteiger partial charge in [-0.25, -0.2) is 0 Å². The number of aliphatic carboxylic acids is 1. The number of carbonyl (C=O) groups is 1. The maximum atomic E-state index is 10.6. The van der Waals surface area contributed by atoms with Gasteiger partial charge in [-0.05, 0) is 18.9 Å². The molecule has 4 heteroatoms. The van der Waals surface area contributed by atoms with E-state index in [1.54, 1.807) is 10.9 Å². The summed E-state index contributed by atoms with van der Waals surface area (Å²) in [6, 6.07) is 1.90. The molecule has 12 heavy (non-hydrogen) atoms. The molecule has 1 aliphatic carbocycles. The molecule has 64 valence electrons. The number of carboxylic acid groups (broad SMARTS) is 1. The van der Waals surface area contributed by atoms with Crippen molar-refractivity contribution < 1.29 is 9.90 Å². The van der Waals surface area contributed by atoms with Crippen LogP contribution in [0.15, 0.2) is 18.5 Å². The Kier molecular flexibility index (Phi) is 1.60. The lowest BCUT2D eigenvalue weighted by molar-refractivity contribution is -0.147. The summed E-state index contributed by atoms with van der Waals surface area (Å²) in [5.74, 6) is -0.938. The number of aromatic nitrogens is 2. The van der Waals surface area contributed by atoms with Crippen LogP contribution in [0.3, 0.4) is 0 Å². The summed E-state index contributed by atoms with van der Waals surface area (Å²) in [4.78, 5) is 10.6. The highest BCUT2D eigenvalue weighted by atomic mass is 16.4. The Balaban J connectivity index is 2.12. The molecule has 0 aliphatic heterocycles. The Labute approximate surface area is 69.8 Å². The zero-order chi connectivity index (χ0) is 8.55. The molecule has 0 bridgehead atoms. The van der Waals surface area contributed by atoms with Gasteiger partial charge in [0.2, 0.25) is 0 Å². The zero-order valence-corrected chi connectivity index (χ0v) is 6.55. The van der Waals surface area contributed by atoms with Crippen molar-refractivity contribution in [3.05, 3.63) is 18.5 Å². The van der Waals surface area contributed by atoms with Crippen LogP contribution in [0.4, 0.5) is 0 Å². The number of carboxylic acids is 1. The monoisotopic (exact) mass is 166 g/mol. The lowest BCUT2D eigenvalue weighted by Gasteiger charge is -2.33. The van der Waals surface area contributed by atoms with Gasteiger partial charge in [0.25, 0.3) is 0 Å². The van der Waals surface area contributed by atoms with Crippen LogP contribution in [-0.2, 0) is 4.79 Å². The minimum Gasteiger partial charge on any atom is -0.481 e. The van der Waals surface area contributed by atoms with Crippen LogP contribution in [-0.4, -0.2) is 20.9 Å². The van der Waals surface area contributed by atoms with Crippen LogP contribution in [0, 0.1) is 5.92 Å². The van der Waals surface area contributed by atoms with Crippen LogP contribution in [0.2, 0.25) is 0 Å². The van der Waals surface area contributed by atoms with E-state index in [1.807, 2.05) is 12.3 Å². The van der Waals surface area contributed by atoms with Crippen molar-refractivity contribution >= 4 is 5.97 Å². The van der Waals surface area contributed by atoms with Gasteiger partial charge in [0, 0.05) is 12.4 Å². The van der Waals surface area contributed by atoms with Crippen LogP contribution in [0.25, 0.3) is 0 Å². The largest absolute Gasteiger partial charge is 0.481 e. The van der Waals surface area contributed by atoms with Crippen molar-refractivity contribution in [3.63, 3.8) is 0 Å². The fraction of sp³-hybridized carbons (Fsp3) is 0.500. The second-order valence-corrected chi connectivity index (χ2v) is 3.08. The van der Waals surface area contributed by atoms with Crippen molar-refractivity contribution in [1.29, 1.82) is 0 Å². The van der Waals surface area contributed by atoms with E-state index >= 15 is 0 Å². The summed E-state index contributed by atoms with van der Waals surface area (Å²) in [7, 11) is 0. The summed E-state index contributed by atoms with van der Waals surface area (Å²) < 4.78 is 1.74. The quantitative estimate of drug-likeness (QED) is 0.710. The van der Waals surface area contributed by atoms with Crippen molar-refractivity contribution in [2.75, 3.05) is 0 Å². The van der Waals surface area contributed by atoms with Crippen LogP contribution in [0.1, 0.15) is 18.9 Å². The van der Waals surface area contributed by atoms with Crippen molar-refractivity contribution in [2.24, 2.45) is 5.92 Å². The highest BCUT2D eigenvalue weighted by molar-refractivity contribution is 5.71. The first-order chi connectivity index (χ1) is 5.79. The maximum Gasteiger partial charge on any atom is 0.308 e. The molecule has 2 rings (SSSR count). The average molecular weight is 166 g/mol. The van der Waals surface area contributed by atoms with Gasteiger partial charge in [0.15, 0.2) is 0 Å². The molecule has 1 saturated carbocycles. The average Bonchev–Trinajstić information content (AvgIpc) is 2.35. The summed E-state index contributed by atoms with van der Waals surface area (Å²) in [6.45, 7) is 0. The number of hydrogen-bond donors (Lipinski definition) is 1. The Morgan fingerprint density at radius 3 is 2.83 bits per heavy atom. The van der Waals surface area contributed by atoms with Crippen molar-refractivity contribution in [1.82, 2.24) is 9.78 Å². The molecule has 0 aromatic carbocycles. The SMILES string of the molecule is O=C(O)[C@@H]1CC[C@@H]1n1cccn1. The number of nitrogens with zero attached hydrogens (tertiary/aromatic N) is 2. The molecule has 1 aromatic heterocycles. The van der Waals surface area contributed by atoms with Gasteiger partial charge in [-0.1, -0.05) is 0 Å². The number of hydrogen-bond acceptors (Lipinski definition) is 2. The predicted octanol–water partition coefficient (Wildman–Crippen LogP) is 0.919. The fourth-order valence-corrected chi connectivity index (χ4v) is 1.56. The molecule has 0 amide bonds. The number of rotatable bonds is 2. The van der Waals surface area contributed by atoms with Crippen molar-refractivity contribution in [3.8, 4) is 0 Å². The van der Waals surface area contributed by atoms with E-state index in [9.17, 15) is 4.79 Å². The molecular weight excluding hydrogens is 156 g/mol. The molecule has 1 aromatic rings. The van der Waals surface area contributed by atoms with Gasteiger partial charge in [-0.2, -0.15) is 5.10 Å². The second-order valence-electron chi connectivity index (χ2n) is 3.08. The van der Waals surface area contributed by atoms with Gasteiger partial charge >= 0.3 is 5.97 Å². The predicted molar refractivity (Wildman–Crippen MR) is 41.6 cm³/mol. The lowest BCUT2D eigenvalue weighted by atomic mass is 9.80. The van der Waals surface area contributed by atoms with Crippen LogP contribution in [0.5, 0.6) is 0 Å². The molecule has 1 N–H and O–H groups in total. The molecule has 4 nitrogen and oxygen atoms in total. The minimum atomic E-state index is -0.707. The molecular formula is C8H10N2O2. The topological polar surface area (TPSA) is 55.1 Å². The first-order valence-corrected chi connectivity index (χ1v) is 4.01. The summed E-state index contributed by atoms with van der Waals surface area (Å²) in [5, 5.41) is 12.8. The van der Waals surface area contributed by atoms with E-state index < -0.39 is 5.97 Å². The molecule has 1 heterocycles. The zero-order valence-electron chi connectivity index (χ0n) is 6.55. The first kappa shape index (κ1) is 7.34. The summed E-state index contributed by atoms with van der Waals surface area (Å²) in [5.41, 5.74) is 0. The normalized spacial score (nSPS) is 28.0. The Bertz CT molecular complexity index is 281. The van der Waals surface area contributed by atoms with Crippen LogP contribution >= 0.6 is 0 Å². The van der Waals surface area contributed by atoms with Crippen LogP contribution < -0.4 is 0 Å². The minimum absolute atomic E-state index is 0.0810. The van der Waals surface area contributed by atoms with Gasteiger partial charge < -0.3 is 5.11 Å². The van der Waals surface area contributed by atoms with Gasteiger partial charge in [0.1, 0.15) is 0 Å². The maximum absolute atomic E-state index is 10.6. The van der Waals surface area contributed by atoms with E-state index in [0.717, 1.165) is 12.8 Å². The standard InChI is InChI=1S/C8H10N2O2/c11-8(12)6-2-3-7(6)10-5-1-4-9-10/h1,4-7H,2-3H2,(H,11,12)/t6-,7+/m1/s1. The summed E-state index contributed by atoms with van der Waals surface area (Å²) >= 11 is 0. The van der Waals surface area contributed by atoms with E-state index in [-0.39, 0.29) is 12.0 Å². The van der Waals surface area contributed by atoms with Gasteiger partial charge in [-0.3, -0.25) is 9.48 Å². The highest BCUT2D eigenvalue weighted by Crippen LogP contribution is 2.37. The fourth-order valence-electron chi connectivity index (χ4n) is 1.56. The van der Waals surface area contributed by atoms with Crippen molar-refractivity contribution in [2.45, 2.75) is 18.9 Å². The lowest BCUT2D eigenvalue weighted by Crippen LogP contribution is -2.35. The molecule has 1 fully saturated rings. The molecule has 0 spiro atoms. The molecule has 0 unspecified atom stereocenters. The summed E-state index contributed by atoms with van der Waals surface area (Å²) in [6.07, 6.45) is 5.20. The molecule has 0 radical (unpaired) electrons. The molecule has 2 atom stereocenters. The first-order valence-electron chi connectivity index (χ1n) is 4.01. The van der Waals surface area contributed by atoms with E-state index in [1.165, 1.54) is 0 Å². The van der Waals surface area contributed by atoms with Gasteiger partial charge in [0.05, 0.1) is 12.0 Å². The molecule has 0 saturated heterocycles. The Morgan fingerprint density at radius 2 is 2.42 bits per heavy atom. The van der Waals surface area contributed by atoms with E-state index in [4.69, 9.17) is 5.11 Å².